The first-order chi connectivity index (χ1) is 10.3. The molecule has 3 nitrogen and oxygen atoms in total. The summed E-state index contributed by atoms with van der Waals surface area (Å²) in [5.41, 5.74) is 1.62. The molecule has 0 spiro atoms. The largest absolute Gasteiger partial charge is 0.464 e. The summed E-state index contributed by atoms with van der Waals surface area (Å²) in [6.45, 7) is 3.73. The molecule has 2 atom stereocenters. The number of carbonyl (C=O) groups excluding carboxylic acids is 1. The van der Waals surface area contributed by atoms with E-state index in [1.54, 1.807) is 0 Å². The van der Waals surface area contributed by atoms with E-state index in [2.05, 4.69) is 17.0 Å². The van der Waals surface area contributed by atoms with Crippen LogP contribution in [0.25, 0.3) is 0 Å². The summed E-state index contributed by atoms with van der Waals surface area (Å²) in [6, 6.07) is 20.1. The predicted octanol–water partition coefficient (Wildman–Crippen LogP) is 2.96. The van der Waals surface area contributed by atoms with Crippen LogP contribution in [-0.2, 0) is 21.6 Å². The van der Waals surface area contributed by atoms with Crippen LogP contribution < -0.4 is 0 Å². The van der Waals surface area contributed by atoms with Crippen molar-refractivity contribution in [3.05, 3.63) is 71.8 Å². The second kappa shape index (κ2) is 5.70. The maximum Gasteiger partial charge on any atom is 0.332 e. The lowest BCUT2D eigenvalue weighted by Gasteiger charge is -2.17. The van der Waals surface area contributed by atoms with Gasteiger partial charge in [0.1, 0.15) is 0 Å². The van der Waals surface area contributed by atoms with Gasteiger partial charge in [-0.25, -0.2) is 4.79 Å². The van der Waals surface area contributed by atoms with Crippen molar-refractivity contribution in [3.63, 3.8) is 0 Å². The summed E-state index contributed by atoms with van der Waals surface area (Å²) in [5, 5.41) is 0. The van der Waals surface area contributed by atoms with Gasteiger partial charge in [-0.1, -0.05) is 60.7 Å². The Bertz CT molecular complexity index is 612. The van der Waals surface area contributed by atoms with Gasteiger partial charge < -0.3 is 4.74 Å². The van der Waals surface area contributed by atoms with Gasteiger partial charge in [0.15, 0.2) is 5.54 Å². The Morgan fingerprint density at radius 2 is 1.71 bits per heavy atom. The lowest BCUT2D eigenvalue weighted by atomic mass is 9.99. The Morgan fingerprint density at radius 1 is 1.10 bits per heavy atom. The van der Waals surface area contributed by atoms with Gasteiger partial charge in [-0.2, -0.15) is 0 Å². The van der Waals surface area contributed by atoms with Crippen molar-refractivity contribution < 1.29 is 9.53 Å². The fraction of sp³-hybridized carbons (Fsp3) is 0.278. The first-order valence-corrected chi connectivity index (χ1v) is 7.29. The van der Waals surface area contributed by atoms with Crippen molar-refractivity contribution in [1.82, 2.24) is 4.90 Å². The third-order valence-electron chi connectivity index (χ3n) is 3.94. The summed E-state index contributed by atoms with van der Waals surface area (Å²) >= 11 is 0. The van der Waals surface area contributed by atoms with E-state index >= 15 is 0 Å². The van der Waals surface area contributed by atoms with Crippen LogP contribution >= 0.6 is 0 Å². The highest BCUT2D eigenvalue weighted by Crippen LogP contribution is 2.44. The predicted molar refractivity (Wildman–Crippen MR) is 81.6 cm³/mol. The number of ether oxygens (including phenoxy) is 1. The molecule has 1 aliphatic heterocycles. The molecule has 0 N–H and O–H groups in total. The molecule has 0 aliphatic carbocycles. The molecular formula is C18H19NO2. The van der Waals surface area contributed by atoms with E-state index < -0.39 is 5.54 Å². The molecule has 0 radical (unpaired) electrons. The summed E-state index contributed by atoms with van der Waals surface area (Å²) in [5.74, 6) is -0.146. The van der Waals surface area contributed by atoms with Gasteiger partial charge in [0, 0.05) is 13.1 Å². The van der Waals surface area contributed by atoms with Gasteiger partial charge in [-0.05, 0) is 18.1 Å². The highest BCUT2D eigenvalue weighted by atomic mass is 16.5. The van der Waals surface area contributed by atoms with Gasteiger partial charge in [0.2, 0.25) is 0 Å². The van der Waals surface area contributed by atoms with Crippen molar-refractivity contribution >= 4 is 5.97 Å². The van der Waals surface area contributed by atoms with Crippen LogP contribution in [0.1, 0.15) is 18.1 Å². The van der Waals surface area contributed by atoms with Crippen molar-refractivity contribution in [1.29, 1.82) is 0 Å². The van der Waals surface area contributed by atoms with Gasteiger partial charge in [0.25, 0.3) is 0 Å². The summed E-state index contributed by atoms with van der Waals surface area (Å²) in [4.78, 5) is 14.6. The standard InChI is InChI=1S/C18H19NO2/c1-2-21-17(20)18(16-11-7-4-8-12-16)14-19(18)13-15-9-5-3-6-10-15/h3-12H,2,13-14H2,1H3. The van der Waals surface area contributed by atoms with E-state index in [9.17, 15) is 4.79 Å². The van der Waals surface area contributed by atoms with Crippen molar-refractivity contribution in [2.75, 3.05) is 13.2 Å². The van der Waals surface area contributed by atoms with Crippen LogP contribution in [0.4, 0.5) is 0 Å². The molecule has 1 saturated heterocycles. The summed E-state index contributed by atoms with van der Waals surface area (Å²) in [6.07, 6.45) is 0. The Hall–Kier alpha value is -2.13. The molecule has 108 valence electrons. The smallest absolute Gasteiger partial charge is 0.332 e. The number of rotatable bonds is 5. The van der Waals surface area contributed by atoms with Gasteiger partial charge in [-0.15, -0.1) is 0 Å². The zero-order valence-corrected chi connectivity index (χ0v) is 12.2. The second-order valence-corrected chi connectivity index (χ2v) is 5.29. The molecule has 1 heterocycles. The molecule has 0 amide bonds. The summed E-state index contributed by atoms with van der Waals surface area (Å²) in [7, 11) is 0. The van der Waals surface area contributed by atoms with Crippen molar-refractivity contribution in [2.45, 2.75) is 19.0 Å². The average molecular weight is 281 g/mol. The zero-order chi connectivity index (χ0) is 14.7. The molecule has 1 aliphatic rings. The molecule has 0 aromatic heterocycles. The van der Waals surface area contributed by atoms with Crippen LogP contribution in [0.3, 0.4) is 0 Å². The maximum absolute atomic E-state index is 12.5. The fourth-order valence-electron chi connectivity index (χ4n) is 2.79. The van der Waals surface area contributed by atoms with Crippen molar-refractivity contribution in [3.8, 4) is 0 Å². The third-order valence-corrected chi connectivity index (χ3v) is 3.94. The van der Waals surface area contributed by atoms with E-state index in [0.29, 0.717) is 13.2 Å². The Balaban J connectivity index is 1.85. The average Bonchev–Trinajstić information content (AvgIpc) is 3.25. The monoisotopic (exact) mass is 281 g/mol. The lowest BCUT2D eigenvalue weighted by molar-refractivity contribution is -0.148. The molecule has 21 heavy (non-hydrogen) atoms. The molecule has 2 aromatic rings. The highest BCUT2D eigenvalue weighted by Gasteiger charge is 2.60. The molecule has 0 bridgehead atoms. The first-order valence-electron chi connectivity index (χ1n) is 7.29. The van der Waals surface area contributed by atoms with Crippen molar-refractivity contribution in [2.24, 2.45) is 0 Å². The molecular weight excluding hydrogens is 262 g/mol. The SMILES string of the molecule is CCOC(=O)C1(c2ccccc2)CN1Cc1ccccc1. The number of carbonyl (C=O) groups is 1. The lowest BCUT2D eigenvalue weighted by Crippen LogP contribution is -2.29. The quantitative estimate of drug-likeness (QED) is 0.623. The minimum Gasteiger partial charge on any atom is -0.464 e. The van der Waals surface area contributed by atoms with Crippen LogP contribution in [0.5, 0.6) is 0 Å². The molecule has 3 heteroatoms. The van der Waals surface area contributed by atoms with E-state index in [1.807, 2.05) is 55.5 Å². The van der Waals surface area contributed by atoms with Gasteiger partial charge in [0.05, 0.1) is 6.61 Å². The number of hydrogen-bond donors (Lipinski definition) is 0. The third kappa shape index (κ3) is 2.57. The van der Waals surface area contributed by atoms with Crippen LogP contribution in [0.2, 0.25) is 0 Å². The van der Waals surface area contributed by atoms with Gasteiger partial charge >= 0.3 is 5.97 Å². The Morgan fingerprint density at radius 3 is 2.33 bits per heavy atom. The van der Waals surface area contributed by atoms with E-state index in [-0.39, 0.29) is 5.97 Å². The fourth-order valence-corrected chi connectivity index (χ4v) is 2.79. The molecule has 2 aromatic carbocycles. The second-order valence-electron chi connectivity index (χ2n) is 5.29. The van der Waals surface area contributed by atoms with Crippen LogP contribution in [0, 0.1) is 0 Å². The van der Waals surface area contributed by atoms with Crippen LogP contribution in [-0.4, -0.2) is 24.0 Å². The number of benzene rings is 2. The number of esters is 1. The first kappa shape index (κ1) is 13.8. The molecule has 0 saturated carbocycles. The number of hydrogen-bond acceptors (Lipinski definition) is 3. The zero-order valence-electron chi connectivity index (χ0n) is 12.2. The normalized spacial score (nSPS) is 23.6. The number of nitrogens with zero attached hydrogens (tertiary/aromatic N) is 1. The maximum atomic E-state index is 12.5. The highest BCUT2D eigenvalue weighted by molar-refractivity contribution is 5.86. The van der Waals surface area contributed by atoms with Gasteiger partial charge in [-0.3, -0.25) is 4.90 Å². The van der Waals surface area contributed by atoms with E-state index in [0.717, 1.165) is 12.1 Å². The topological polar surface area (TPSA) is 29.3 Å². The van der Waals surface area contributed by atoms with E-state index in [4.69, 9.17) is 4.74 Å². The molecule has 2 unspecified atom stereocenters. The minimum atomic E-state index is -0.604. The minimum absolute atomic E-state index is 0.146. The molecule has 3 rings (SSSR count). The summed E-state index contributed by atoms with van der Waals surface area (Å²) < 4.78 is 5.31. The Labute approximate surface area is 125 Å². The van der Waals surface area contributed by atoms with E-state index in [1.165, 1.54) is 5.56 Å². The molecule has 1 fully saturated rings. The van der Waals surface area contributed by atoms with Crippen LogP contribution in [0.15, 0.2) is 60.7 Å². The Kier molecular flexibility index (Phi) is 3.76.